The summed E-state index contributed by atoms with van der Waals surface area (Å²) in [4.78, 5) is 0. The van der Waals surface area contributed by atoms with Crippen molar-refractivity contribution in [2.75, 3.05) is 11.9 Å². The third-order valence-electron chi connectivity index (χ3n) is 2.33. The van der Waals surface area contributed by atoms with Gasteiger partial charge in [0.15, 0.2) is 0 Å². The highest BCUT2D eigenvalue weighted by molar-refractivity contribution is 5.56. The molecule has 0 aliphatic heterocycles. The molecule has 0 heterocycles. The number of anilines is 1. The first-order valence-electron chi connectivity index (χ1n) is 5.05. The monoisotopic (exact) mass is 189 g/mol. The minimum Gasteiger partial charge on any atom is -0.384 e. The van der Waals surface area contributed by atoms with Crippen LogP contribution in [0.25, 0.3) is 0 Å². The quantitative estimate of drug-likeness (QED) is 0.712. The van der Waals surface area contributed by atoms with Gasteiger partial charge in [-0.15, -0.1) is 6.58 Å². The van der Waals surface area contributed by atoms with Gasteiger partial charge in [0.2, 0.25) is 0 Å². The summed E-state index contributed by atoms with van der Waals surface area (Å²) in [6.07, 6.45) is 1.04. The van der Waals surface area contributed by atoms with E-state index in [4.69, 9.17) is 0 Å². The van der Waals surface area contributed by atoms with E-state index in [1.54, 1.807) is 0 Å². The highest BCUT2D eigenvalue weighted by Gasteiger charge is 1.99. The summed E-state index contributed by atoms with van der Waals surface area (Å²) in [6, 6.07) is 6.36. The summed E-state index contributed by atoms with van der Waals surface area (Å²) >= 11 is 0. The van der Waals surface area contributed by atoms with Crippen LogP contribution in [0, 0.1) is 13.8 Å². The predicted molar refractivity (Wildman–Crippen MR) is 63.8 cm³/mol. The van der Waals surface area contributed by atoms with Gasteiger partial charge in [0.1, 0.15) is 0 Å². The van der Waals surface area contributed by atoms with Gasteiger partial charge in [0.05, 0.1) is 0 Å². The van der Waals surface area contributed by atoms with Crippen LogP contribution in [0.2, 0.25) is 0 Å². The number of hydrogen-bond acceptors (Lipinski definition) is 1. The summed E-state index contributed by atoms with van der Waals surface area (Å²) < 4.78 is 0. The maximum atomic E-state index is 3.89. The molecule has 1 aromatic rings. The molecular formula is C13H19N. The molecule has 0 aliphatic rings. The lowest BCUT2D eigenvalue weighted by Gasteiger charge is -2.12. The Kier molecular flexibility index (Phi) is 3.75. The molecule has 0 amide bonds. The van der Waals surface area contributed by atoms with Crippen molar-refractivity contribution in [2.24, 2.45) is 0 Å². The van der Waals surface area contributed by atoms with Crippen molar-refractivity contribution >= 4 is 5.69 Å². The predicted octanol–water partition coefficient (Wildman–Crippen LogP) is 3.68. The fourth-order valence-electron chi connectivity index (χ4n) is 1.49. The highest BCUT2D eigenvalue weighted by Crippen LogP contribution is 2.19. The summed E-state index contributed by atoms with van der Waals surface area (Å²) in [5.74, 6) is 0. The van der Waals surface area contributed by atoms with E-state index in [0.29, 0.717) is 0 Å². The number of benzene rings is 1. The largest absolute Gasteiger partial charge is 0.384 e. The Hall–Kier alpha value is -1.24. The third-order valence-corrected chi connectivity index (χ3v) is 2.33. The van der Waals surface area contributed by atoms with Crippen LogP contribution in [0.5, 0.6) is 0 Å². The molecule has 1 rings (SSSR count). The van der Waals surface area contributed by atoms with E-state index in [-0.39, 0.29) is 0 Å². The Bertz CT molecular complexity index is 306. The maximum Gasteiger partial charge on any atom is 0.0399 e. The molecule has 1 N–H and O–H groups in total. The van der Waals surface area contributed by atoms with Crippen molar-refractivity contribution in [3.63, 3.8) is 0 Å². The molecule has 1 aromatic carbocycles. The Morgan fingerprint density at radius 1 is 1.29 bits per heavy atom. The Labute approximate surface area is 86.8 Å². The first-order valence-corrected chi connectivity index (χ1v) is 5.05. The van der Waals surface area contributed by atoms with Crippen molar-refractivity contribution in [3.05, 3.63) is 41.5 Å². The van der Waals surface area contributed by atoms with E-state index in [1.165, 1.54) is 22.4 Å². The zero-order chi connectivity index (χ0) is 10.6. The van der Waals surface area contributed by atoms with E-state index in [1.807, 2.05) is 0 Å². The minimum absolute atomic E-state index is 0.973. The Balaban J connectivity index is 2.62. The molecule has 1 nitrogen and oxygen atoms in total. The van der Waals surface area contributed by atoms with E-state index in [0.717, 1.165) is 13.0 Å². The van der Waals surface area contributed by atoms with Crippen molar-refractivity contribution in [2.45, 2.75) is 27.2 Å². The van der Waals surface area contributed by atoms with E-state index in [2.05, 4.69) is 50.9 Å². The van der Waals surface area contributed by atoms with Gasteiger partial charge in [-0.25, -0.2) is 0 Å². The number of rotatable bonds is 4. The maximum absolute atomic E-state index is 3.89. The van der Waals surface area contributed by atoms with Crippen LogP contribution in [0.15, 0.2) is 30.4 Å². The summed E-state index contributed by atoms with van der Waals surface area (Å²) in [7, 11) is 0. The number of nitrogens with one attached hydrogen (secondary N) is 1. The van der Waals surface area contributed by atoms with Crippen LogP contribution in [-0.2, 0) is 0 Å². The van der Waals surface area contributed by atoms with Crippen LogP contribution in [0.3, 0.4) is 0 Å². The first-order chi connectivity index (χ1) is 6.61. The summed E-state index contributed by atoms with van der Waals surface area (Å²) in [6.45, 7) is 11.2. The van der Waals surface area contributed by atoms with Crippen LogP contribution in [0.1, 0.15) is 24.5 Å². The standard InChI is InChI=1S/C13H19N/c1-10(2)8-9-14-13-11(3)6-5-7-12(13)4/h5-7,14H,1,8-9H2,2-4H3. The van der Waals surface area contributed by atoms with Gasteiger partial charge in [0, 0.05) is 12.2 Å². The van der Waals surface area contributed by atoms with Crippen LogP contribution < -0.4 is 5.32 Å². The van der Waals surface area contributed by atoms with Gasteiger partial charge < -0.3 is 5.32 Å². The lowest BCUT2D eigenvalue weighted by atomic mass is 10.1. The fourth-order valence-corrected chi connectivity index (χ4v) is 1.49. The first kappa shape index (κ1) is 10.8. The molecule has 0 radical (unpaired) electrons. The lowest BCUT2D eigenvalue weighted by molar-refractivity contribution is 0.997. The summed E-state index contributed by atoms with van der Waals surface area (Å²) in [5.41, 5.74) is 5.12. The molecule has 0 spiro atoms. The highest BCUT2D eigenvalue weighted by atomic mass is 14.9. The van der Waals surface area contributed by atoms with E-state index < -0.39 is 0 Å². The molecule has 0 unspecified atom stereocenters. The Morgan fingerprint density at radius 3 is 2.36 bits per heavy atom. The van der Waals surface area contributed by atoms with Crippen molar-refractivity contribution in [1.29, 1.82) is 0 Å². The van der Waals surface area contributed by atoms with Crippen LogP contribution in [-0.4, -0.2) is 6.54 Å². The van der Waals surface area contributed by atoms with Gasteiger partial charge in [-0.2, -0.15) is 0 Å². The molecule has 0 saturated carbocycles. The molecule has 0 aliphatic carbocycles. The molecule has 0 saturated heterocycles. The average Bonchev–Trinajstić information content (AvgIpc) is 2.09. The molecule has 0 aromatic heterocycles. The second-order valence-corrected chi connectivity index (χ2v) is 3.90. The van der Waals surface area contributed by atoms with Gasteiger partial charge in [-0.3, -0.25) is 0 Å². The van der Waals surface area contributed by atoms with Crippen molar-refractivity contribution in [3.8, 4) is 0 Å². The molecule has 1 heteroatoms. The topological polar surface area (TPSA) is 12.0 Å². The zero-order valence-corrected chi connectivity index (χ0v) is 9.35. The minimum atomic E-state index is 0.973. The molecule has 0 fully saturated rings. The zero-order valence-electron chi connectivity index (χ0n) is 9.35. The van der Waals surface area contributed by atoms with E-state index >= 15 is 0 Å². The normalized spacial score (nSPS) is 9.93. The Morgan fingerprint density at radius 2 is 1.86 bits per heavy atom. The smallest absolute Gasteiger partial charge is 0.0399 e. The molecule has 0 atom stereocenters. The number of aryl methyl sites for hydroxylation is 2. The number of hydrogen-bond donors (Lipinski definition) is 1. The molecule has 0 bridgehead atoms. The average molecular weight is 189 g/mol. The van der Waals surface area contributed by atoms with Gasteiger partial charge in [-0.05, 0) is 38.3 Å². The molecule has 14 heavy (non-hydrogen) atoms. The van der Waals surface area contributed by atoms with Gasteiger partial charge in [0.25, 0.3) is 0 Å². The molecule has 76 valence electrons. The van der Waals surface area contributed by atoms with E-state index in [9.17, 15) is 0 Å². The van der Waals surface area contributed by atoms with Crippen LogP contribution >= 0.6 is 0 Å². The third kappa shape index (κ3) is 2.91. The summed E-state index contributed by atoms with van der Waals surface area (Å²) in [5, 5.41) is 3.45. The van der Waals surface area contributed by atoms with Gasteiger partial charge in [-0.1, -0.05) is 23.8 Å². The second kappa shape index (κ2) is 4.85. The number of para-hydroxylation sites is 1. The van der Waals surface area contributed by atoms with Crippen molar-refractivity contribution in [1.82, 2.24) is 0 Å². The second-order valence-electron chi connectivity index (χ2n) is 3.90. The molecular weight excluding hydrogens is 170 g/mol. The van der Waals surface area contributed by atoms with Gasteiger partial charge >= 0.3 is 0 Å². The SMILES string of the molecule is C=C(C)CCNc1c(C)cccc1C. The fraction of sp³-hybridized carbons (Fsp3) is 0.385. The lowest BCUT2D eigenvalue weighted by Crippen LogP contribution is -2.04. The van der Waals surface area contributed by atoms with Crippen LogP contribution in [0.4, 0.5) is 5.69 Å². The van der Waals surface area contributed by atoms with Crippen molar-refractivity contribution < 1.29 is 0 Å².